The van der Waals surface area contributed by atoms with Crippen molar-refractivity contribution in [3.63, 3.8) is 0 Å². The minimum absolute atomic E-state index is 0.00128. The number of amides is 1. The number of benzene rings is 2. The summed E-state index contributed by atoms with van der Waals surface area (Å²) < 4.78 is 33.4. The van der Waals surface area contributed by atoms with Gasteiger partial charge in [-0.3, -0.25) is 14.9 Å². The Labute approximate surface area is 158 Å². The summed E-state index contributed by atoms with van der Waals surface area (Å²) in [7, 11) is 1.48. The largest absolute Gasteiger partial charge is 0.452 e. The number of non-ortho nitro benzene ring substituents is 1. The van der Waals surface area contributed by atoms with Gasteiger partial charge in [0.15, 0.2) is 6.61 Å². The zero-order valence-electron chi connectivity index (χ0n) is 14.7. The first kappa shape index (κ1) is 20.7. The monoisotopic (exact) mass is 394 g/mol. The van der Waals surface area contributed by atoms with Crippen LogP contribution in [-0.4, -0.2) is 42.0 Å². The van der Waals surface area contributed by atoms with E-state index in [2.05, 4.69) is 4.74 Å². The van der Waals surface area contributed by atoms with Crippen molar-refractivity contribution >= 4 is 17.6 Å². The Hall–Kier alpha value is -3.56. The Bertz CT molecular complexity index is 857. The molecule has 0 radical (unpaired) electrons. The summed E-state index contributed by atoms with van der Waals surface area (Å²) in [6.07, 6.45) is 0. The molecule has 28 heavy (non-hydrogen) atoms. The molecular formula is C18H16F2N2O6. The summed E-state index contributed by atoms with van der Waals surface area (Å²) in [5, 5.41) is 10.7. The van der Waals surface area contributed by atoms with Gasteiger partial charge in [-0.1, -0.05) is 18.2 Å². The van der Waals surface area contributed by atoms with Crippen LogP contribution in [-0.2, 0) is 16.1 Å². The number of nitro benzene ring substituents is 1. The minimum atomic E-state index is -2.92. The Morgan fingerprint density at radius 2 is 1.86 bits per heavy atom. The Morgan fingerprint density at radius 3 is 2.46 bits per heavy atom. The van der Waals surface area contributed by atoms with E-state index in [1.807, 2.05) is 0 Å². The molecule has 0 saturated heterocycles. The number of nitro groups is 1. The highest BCUT2D eigenvalue weighted by Gasteiger charge is 2.16. The molecule has 2 aromatic carbocycles. The van der Waals surface area contributed by atoms with E-state index in [0.717, 1.165) is 6.07 Å². The van der Waals surface area contributed by atoms with Crippen LogP contribution in [0.3, 0.4) is 0 Å². The van der Waals surface area contributed by atoms with Gasteiger partial charge in [0.1, 0.15) is 5.75 Å². The van der Waals surface area contributed by atoms with Crippen molar-refractivity contribution in [3.8, 4) is 5.75 Å². The fraction of sp³-hybridized carbons (Fsp3) is 0.222. The van der Waals surface area contributed by atoms with E-state index in [1.165, 1.54) is 54.4 Å². The third kappa shape index (κ3) is 6.01. The van der Waals surface area contributed by atoms with Gasteiger partial charge in [0.25, 0.3) is 11.6 Å². The molecule has 0 bridgehead atoms. The molecule has 0 atom stereocenters. The first-order chi connectivity index (χ1) is 13.3. The minimum Gasteiger partial charge on any atom is -0.452 e. The molecule has 8 nitrogen and oxygen atoms in total. The molecule has 2 aromatic rings. The molecule has 0 aliphatic heterocycles. The van der Waals surface area contributed by atoms with E-state index in [4.69, 9.17) is 4.74 Å². The molecule has 0 aliphatic carbocycles. The molecule has 0 saturated carbocycles. The number of hydrogen-bond acceptors (Lipinski definition) is 6. The first-order valence-corrected chi connectivity index (χ1v) is 7.95. The van der Waals surface area contributed by atoms with Crippen LogP contribution < -0.4 is 4.74 Å². The first-order valence-electron chi connectivity index (χ1n) is 7.95. The Morgan fingerprint density at radius 1 is 1.18 bits per heavy atom. The summed E-state index contributed by atoms with van der Waals surface area (Å²) in [5.74, 6) is -1.37. The summed E-state index contributed by atoms with van der Waals surface area (Å²) in [6, 6.07) is 10.7. The van der Waals surface area contributed by atoms with E-state index < -0.39 is 30.0 Å². The molecule has 148 valence electrons. The molecule has 0 aromatic heterocycles. The highest BCUT2D eigenvalue weighted by Crippen LogP contribution is 2.16. The molecule has 0 fully saturated rings. The normalized spacial score (nSPS) is 10.4. The molecule has 0 aliphatic rings. The highest BCUT2D eigenvalue weighted by atomic mass is 19.3. The van der Waals surface area contributed by atoms with Crippen molar-refractivity contribution in [2.75, 3.05) is 13.7 Å². The maximum Gasteiger partial charge on any atom is 0.387 e. The average Bonchev–Trinajstić information content (AvgIpc) is 2.66. The van der Waals surface area contributed by atoms with Crippen LogP contribution in [0.2, 0.25) is 0 Å². The highest BCUT2D eigenvalue weighted by molar-refractivity contribution is 5.91. The van der Waals surface area contributed by atoms with Crippen LogP contribution in [0.25, 0.3) is 0 Å². The van der Waals surface area contributed by atoms with Crippen LogP contribution in [0.5, 0.6) is 5.75 Å². The quantitative estimate of drug-likeness (QED) is 0.388. The zero-order chi connectivity index (χ0) is 20.7. The number of halogens is 2. The van der Waals surface area contributed by atoms with Gasteiger partial charge in [0.05, 0.1) is 10.5 Å². The van der Waals surface area contributed by atoms with E-state index in [0.29, 0.717) is 5.56 Å². The molecule has 0 N–H and O–H groups in total. The SMILES string of the molecule is CN(Cc1ccc(OC(F)F)cc1)C(=O)COC(=O)c1cccc([N+](=O)[O-])c1. The van der Waals surface area contributed by atoms with Gasteiger partial charge in [0, 0.05) is 25.7 Å². The predicted molar refractivity (Wildman–Crippen MR) is 92.9 cm³/mol. The van der Waals surface area contributed by atoms with Crippen LogP contribution in [0.15, 0.2) is 48.5 Å². The number of carbonyl (C=O) groups is 2. The molecule has 0 heterocycles. The third-order valence-electron chi connectivity index (χ3n) is 3.61. The topological polar surface area (TPSA) is 99.0 Å². The second-order valence-electron chi connectivity index (χ2n) is 5.66. The lowest BCUT2D eigenvalue weighted by Crippen LogP contribution is -2.30. The van der Waals surface area contributed by atoms with Gasteiger partial charge in [-0.25, -0.2) is 4.79 Å². The predicted octanol–water partition coefficient (Wildman–Crippen LogP) is 3.01. The van der Waals surface area contributed by atoms with Crippen molar-refractivity contribution in [3.05, 3.63) is 69.8 Å². The van der Waals surface area contributed by atoms with Crippen molar-refractivity contribution in [1.29, 1.82) is 0 Å². The maximum atomic E-state index is 12.1. The molecule has 2 rings (SSSR count). The van der Waals surface area contributed by atoms with Gasteiger partial charge in [-0.15, -0.1) is 0 Å². The lowest BCUT2D eigenvalue weighted by Gasteiger charge is -2.17. The summed E-state index contributed by atoms with van der Waals surface area (Å²) in [4.78, 5) is 35.4. The zero-order valence-corrected chi connectivity index (χ0v) is 14.7. The number of likely N-dealkylation sites (N-methyl/N-ethyl adjacent to an activating group) is 1. The van der Waals surface area contributed by atoms with Crippen molar-refractivity contribution in [2.24, 2.45) is 0 Å². The Balaban J connectivity index is 1.87. The van der Waals surface area contributed by atoms with E-state index in [9.17, 15) is 28.5 Å². The van der Waals surface area contributed by atoms with Crippen molar-refractivity contribution < 1.29 is 32.8 Å². The van der Waals surface area contributed by atoms with Gasteiger partial charge in [-0.2, -0.15) is 8.78 Å². The summed E-state index contributed by atoms with van der Waals surface area (Å²) >= 11 is 0. The molecule has 1 amide bonds. The van der Waals surface area contributed by atoms with Crippen LogP contribution >= 0.6 is 0 Å². The fourth-order valence-electron chi connectivity index (χ4n) is 2.21. The number of rotatable bonds is 8. The number of carbonyl (C=O) groups excluding carboxylic acids is 2. The third-order valence-corrected chi connectivity index (χ3v) is 3.61. The van der Waals surface area contributed by atoms with Crippen LogP contribution in [0.1, 0.15) is 15.9 Å². The molecule has 10 heteroatoms. The van der Waals surface area contributed by atoms with Crippen LogP contribution in [0.4, 0.5) is 14.5 Å². The van der Waals surface area contributed by atoms with Gasteiger partial charge in [0.2, 0.25) is 0 Å². The Kier molecular flexibility index (Phi) is 6.96. The van der Waals surface area contributed by atoms with Crippen molar-refractivity contribution in [1.82, 2.24) is 4.90 Å². The van der Waals surface area contributed by atoms with Crippen LogP contribution in [0, 0.1) is 10.1 Å². The fourth-order valence-corrected chi connectivity index (χ4v) is 2.21. The molecule has 0 spiro atoms. The number of nitrogens with zero attached hydrogens (tertiary/aromatic N) is 2. The lowest BCUT2D eigenvalue weighted by molar-refractivity contribution is -0.384. The van der Waals surface area contributed by atoms with Gasteiger partial charge < -0.3 is 14.4 Å². The maximum absolute atomic E-state index is 12.1. The summed E-state index contributed by atoms with van der Waals surface area (Å²) in [5.41, 5.74) is 0.346. The number of esters is 1. The van der Waals surface area contributed by atoms with E-state index in [-0.39, 0.29) is 23.5 Å². The number of hydrogen-bond donors (Lipinski definition) is 0. The average molecular weight is 394 g/mol. The van der Waals surface area contributed by atoms with Crippen molar-refractivity contribution in [2.45, 2.75) is 13.2 Å². The number of ether oxygens (including phenoxy) is 2. The molecule has 0 unspecified atom stereocenters. The van der Waals surface area contributed by atoms with Gasteiger partial charge >= 0.3 is 12.6 Å². The standard InChI is InChI=1S/C18H16F2N2O6/c1-21(10-12-5-7-15(8-6-12)28-18(19)20)16(23)11-27-17(24)13-3-2-4-14(9-13)22(25)26/h2-9,18H,10-11H2,1H3. The van der Waals surface area contributed by atoms with E-state index in [1.54, 1.807) is 0 Å². The second kappa shape index (κ2) is 9.40. The lowest BCUT2D eigenvalue weighted by atomic mass is 10.2. The second-order valence-corrected chi connectivity index (χ2v) is 5.66. The molecular weight excluding hydrogens is 378 g/mol. The summed E-state index contributed by atoms with van der Waals surface area (Å²) in [6.45, 7) is -3.32. The smallest absolute Gasteiger partial charge is 0.387 e. The van der Waals surface area contributed by atoms with Gasteiger partial charge in [-0.05, 0) is 23.8 Å². The van der Waals surface area contributed by atoms with E-state index >= 15 is 0 Å². The number of alkyl halides is 2.